The van der Waals surface area contributed by atoms with Crippen LogP contribution in [0.4, 0.5) is 0 Å². The van der Waals surface area contributed by atoms with E-state index in [9.17, 15) is 9.59 Å². The Hall–Kier alpha value is -3.55. The van der Waals surface area contributed by atoms with Gasteiger partial charge in [-0.3, -0.25) is 0 Å². The standard InChI is InChI=1S/C24H28N2O6.3C2H6/c1-16-7-8-19(11-14-21(16)30-3)15-26-24(29)32-22(25-26)6-4-5-18-9-12-20(13-10-18)31-17(2)23(27)28;3*1-2/h7,9-14,17H,4-6,8,15H2,1-3H3,(H,27,28);3*1-2H3. The van der Waals surface area contributed by atoms with E-state index in [-0.39, 0.29) is 0 Å². The summed E-state index contributed by atoms with van der Waals surface area (Å²) in [6.45, 7) is 15.8. The maximum Gasteiger partial charge on any atom is 0.437 e. The van der Waals surface area contributed by atoms with E-state index < -0.39 is 17.8 Å². The molecule has 3 rings (SSSR count). The SMILES string of the molecule is CC.CC.CC.COC1=CC=C(Cn2nc(CCCc3ccc(OC(C)C(=O)O)cc3)oc2=O)CC=C1C. The summed E-state index contributed by atoms with van der Waals surface area (Å²) in [7, 11) is 1.64. The molecule has 0 spiro atoms. The molecular formula is C30H46N2O6. The third kappa shape index (κ3) is 11.7. The topological polar surface area (TPSA) is 104 Å². The molecule has 1 aliphatic carbocycles. The van der Waals surface area contributed by atoms with Gasteiger partial charge in [0.05, 0.1) is 13.7 Å². The number of aliphatic carboxylic acids is 1. The summed E-state index contributed by atoms with van der Waals surface area (Å²) in [5, 5.41) is 13.2. The van der Waals surface area contributed by atoms with Gasteiger partial charge in [0.2, 0.25) is 5.89 Å². The van der Waals surface area contributed by atoms with Crippen molar-refractivity contribution in [2.24, 2.45) is 0 Å². The van der Waals surface area contributed by atoms with Crippen LogP contribution in [0.3, 0.4) is 0 Å². The highest BCUT2D eigenvalue weighted by Crippen LogP contribution is 2.19. The summed E-state index contributed by atoms with van der Waals surface area (Å²) in [6.07, 6.45) is 7.82. The molecule has 0 saturated carbocycles. The van der Waals surface area contributed by atoms with Gasteiger partial charge < -0.3 is 19.0 Å². The zero-order valence-electron chi connectivity index (χ0n) is 24.5. The highest BCUT2D eigenvalue weighted by Gasteiger charge is 2.13. The number of aromatic nitrogens is 2. The Bertz CT molecular complexity index is 1090. The molecule has 2 aromatic rings. The van der Waals surface area contributed by atoms with Gasteiger partial charge in [-0.05, 0) is 68.0 Å². The molecule has 1 aromatic carbocycles. The Balaban J connectivity index is 0.00000213. The first-order valence-electron chi connectivity index (χ1n) is 13.5. The van der Waals surface area contributed by atoms with Gasteiger partial charge in [0.1, 0.15) is 11.5 Å². The Kier molecular flexibility index (Phi) is 17.7. The second-order valence-electron chi connectivity index (χ2n) is 7.67. The number of rotatable bonds is 10. The molecule has 0 aliphatic heterocycles. The summed E-state index contributed by atoms with van der Waals surface area (Å²) >= 11 is 0. The maximum atomic E-state index is 12.2. The second kappa shape index (κ2) is 19.5. The van der Waals surface area contributed by atoms with Crippen molar-refractivity contribution in [1.29, 1.82) is 0 Å². The molecule has 38 heavy (non-hydrogen) atoms. The van der Waals surface area contributed by atoms with E-state index in [2.05, 4.69) is 11.2 Å². The molecule has 212 valence electrons. The first kappa shape index (κ1) is 34.5. The largest absolute Gasteiger partial charge is 0.497 e. The number of benzene rings is 1. The molecule has 0 saturated heterocycles. The van der Waals surface area contributed by atoms with Crippen molar-refractivity contribution in [2.75, 3.05) is 7.11 Å². The molecule has 0 fully saturated rings. The van der Waals surface area contributed by atoms with Gasteiger partial charge in [0.15, 0.2) is 6.10 Å². The summed E-state index contributed by atoms with van der Waals surface area (Å²) < 4.78 is 17.3. The van der Waals surface area contributed by atoms with Gasteiger partial charge in [0, 0.05) is 6.42 Å². The molecule has 1 unspecified atom stereocenters. The minimum Gasteiger partial charge on any atom is -0.497 e. The Morgan fingerprint density at radius 2 is 1.71 bits per heavy atom. The molecule has 1 aliphatic rings. The highest BCUT2D eigenvalue weighted by molar-refractivity contribution is 5.72. The molecule has 1 heterocycles. The number of carboxylic acids is 1. The monoisotopic (exact) mass is 530 g/mol. The summed E-state index contributed by atoms with van der Waals surface area (Å²) in [6, 6.07) is 7.30. The third-order valence-electron chi connectivity index (χ3n) is 5.19. The first-order chi connectivity index (χ1) is 18.4. The number of allylic oxidation sites excluding steroid dienone is 5. The summed E-state index contributed by atoms with van der Waals surface area (Å²) in [4.78, 5) is 23.0. The molecule has 0 radical (unpaired) electrons. The zero-order chi connectivity index (χ0) is 29.1. The van der Waals surface area contributed by atoms with Crippen LogP contribution in [-0.4, -0.2) is 34.1 Å². The number of carboxylic acid groups (broad SMARTS) is 1. The van der Waals surface area contributed by atoms with Crippen LogP contribution in [0.1, 0.15) is 79.7 Å². The van der Waals surface area contributed by atoms with Crippen LogP contribution in [-0.2, 0) is 28.9 Å². The number of aryl methyl sites for hydroxylation is 2. The van der Waals surface area contributed by atoms with Gasteiger partial charge in [-0.2, -0.15) is 4.68 Å². The average molecular weight is 531 g/mol. The molecule has 0 amide bonds. The van der Waals surface area contributed by atoms with E-state index in [1.54, 1.807) is 19.2 Å². The Labute approximate surface area is 227 Å². The molecule has 1 atom stereocenters. The first-order valence-corrected chi connectivity index (χ1v) is 13.5. The van der Waals surface area contributed by atoms with E-state index in [1.807, 2.05) is 72.8 Å². The van der Waals surface area contributed by atoms with Crippen LogP contribution in [0.2, 0.25) is 0 Å². The molecule has 1 aromatic heterocycles. The molecule has 8 nitrogen and oxygen atoms in total. The molecular weight excluding hydrogens is 484 g/mol. The predicted molar refractivity (Wildman–Crippen MR) is 153 cm³/mol. The zero-order valence-corrected chi connectivity index (χ0v) is 24.5. The van der Waals surface area contributed by atoms with Crippen molar-refractivity contribution in [3.63, 3.8) is 0 Å². The Morgan fingerprint density at radius 1 is 1.08 bits per heavy atom. The van der Waals surface area contributed by atoms with Gasteiger partial charge in [-0.15, -0.1) is 5.10 Å². The lowest BCUT2D eigenvalue weighted by Gasteiger charge is -2.10. The van der Waals surface area contributed by atoms with Crippen molar-refractivity contribution in [3.05, 3.63) is 81.4 Å². The van der Waals surface area contributed by atoms with Gasteiger partial charge in [-0.1, -0.05) is 65.8 Å². The van der Waals surface area contributed by atoms with Crippen LogP contribution in [0.15, 0.2) is 68.6 Å². The quantitative estimate of drug-likeness (QED) is 0.362. The molecule has 8 heteroatoms. The predicted octanol–water partition coefficient (Wildman–Crippen LogP) is 6.75. The minimum absolute atomic E-state index is 0.371. The van der Waals surface area contributed by atoms with Crippen molar-refractivity contribution in [3.8, 4) is 5.75 Å². The third-order valence-corrected chi connectivity index (χ3v) is 5.19. The number of hydrogen-bond donors (Lipinski definition) is 1. The van der Waals surface area contributed by atoms with Crippen LogP contribution in [0.5, 0.6) is 5.75 Å². The smallest absolute Gasteiger partial charge is 0.437 e. The van der Waals surface area contributed by atoms with E-state index in [0.717, 1.165) is 41.7 Å². The van der Waals surface area contributed by atoms with Gasteiger partial charge in [0.25, 0.3) is 0 Å². The minimum atomic E-state index is -1.01. The van der Waals surface area contributed by atoms with Crippen molar-refractivity contribution < 1.29 is 23.8 Å². The fourth-order valence-electron chi connectivity index (χ4n) is 3.30. The van der Waals surface area contributed by atoms with Crippen molar-refractivity contribution in [2.45, 2.75) is 93.7 Å². The normalized spacial score (nSPS) is 12.8. The van der Waals surface area contributed by atoms with Crippen LogP contribution in [0.25, 0.3) is 0 Å². The lowest BCUT2D eigenvalue weighted by molar-refractivity contribution is -0.144. The second-order valence-corrected chi connectivity index (χ2v) is 7.67. The lowest BCUT2D eigenvalue weighted by atomic mass is 10.1. The van der Waals surface area contributed by atoms with Gasteiger partial charge >= 0.3 is 11.7 Å². The number of nitrogens with zero attached hydrogens (tertiary/aromatic N) is 2. The fraction of sp³-hybridized carbons (Fsp3) is 0.500. The van der Waals surface area contributed by atoms with Crippen molar-refractivity contribution in [1.82, 2.24) is 9.78 Å². The fourth-order valence-corrected chi connectivity index (χ4v) is 3.30. The van der Waals surface area contributed by atoms with E-state index in [4.69, 9.17) is 19.0 Å². The summed E-state index contributed by atoms with van der Waals surface area (Å²) in [5.41, 5.74) is 3.18. The van der Waals surface area contributed by atoms with E-state index >= 15 is 0 Å². The van der Waals surface area contributed by atoms with Crippen LogP contribution in [0, 0.1) is 0 Å². The highest BCUT2D eigenvalue weighted by atomic mass is 16.5. The number of methoxy groups -OCH3 is 1. The summed E-state index contributed by atoms with van der Waals surface area (Å²) in [5.74, 6) is 0.270. The number of carbonyl (C=O) groups is 1. The van der Waals surface area contributed by atoms with E-state index in [1.165, 1.54) is 11.6 Å². The van der Waals surface area contributed by atoms with Crippen molar-refractivity contribution >= 4 is 5.97 Å². The van der Waals surface area contributed by atoms with E-state index in [0.29, 0.717) is 24.6 Å². The number of ether oxygens (including phenoxy) is 2. The lowest BCUT2D eigenvalue weighted by Crippen LogP contribution is -2.22. The van der Waals surface area contributed by atoms with Crippen LogP contribution < -0.4 is 10.5 Å². The maximum absolute atomic E-state index is 12.2. The molecule has 0 bridgehead atoms. The van der Waals surface area contributed by atoms with Crippen LogP contribution >= 0.6 is 0 Å². The number of hydrogen-bond acceptors (Lipinski definition) is 6. The molecule has 1 N–H and O–H groups in total. The Morgan fingerprint density at radius 3 is 2.29 bits per heavy atom. The average Bonchev–Trinajstić information content (AvgIpc) is 3.19. The van der Waals surface area contributed by atoms with Gasteiger partial charge in [-0.25, -0.2) is 9.59 Å².